The molecule has 0 bridgehead atoms. The van der Waals surface area contributed by atoms with Crippen LogP contribution in [0.4, 0.5) is 11.5 Å². The average Bonchev–Trinajstić information content (AvgIpc) is 3.23. The quantitative estimate of drug-likeness (QED) is 0.550. The van der Waals surface area contributed by atoms with Crippen molar-refractivity contribution in [2.45, 2.75) is 33.9 Å². The monoisotopic (exact) mass is 371 g/mol. The van der Waals surface area contributed by atoms with Crippen LogP contribution >= 0.6 is 0 Å². The molecule has 3 aromatic rings. The van der Waals surface area contributed by atoms with E-state index in [0.29, 0.717) is 0 Å². The van der Waals surface area contributed by atoms with Crippen molar-refractivity contribution in [2.75, 3.05) is 9.80 Å². The Labute approximate surface area is 168 Å². The molecule has 0 amide bonds. The molecule has 0 spiro atoms. The number of aromatic nitrogens is 1. The molecule has 0 aliphatic carbocycles. The molecule has 144 valence electrons. The summed E-state index contributed by atoms with van der Waals surface area (Å²) in [6.07, 6.45) is 2.29. The highest BCUT2D eigenvalue weighted by Crippen LogP contribution is 2.47. The molecule has 0 fully saturated rings. The molecular weight excluding hydrogens is 342 g/mol. The summed E-state index contributed by atoms with van der Waals surface area (Å²) >= 11 is 0. The van der Waals surface area contributed by atoms with Crippen molar-refractivity contribution in [1.82, 2.24) is 4.57 Å². The molecule has 3 nitrogen and oxygen atoms in total. The van der Waals surface area contributed by atoms with Gasteiger partial charge in [-0.3, -0.25) is 0 Å². The Balaban J connectivity index is 1.99. The largest absolute Gasteiger partial charge is 0.337 e. The van der Waals surface area contributed by atoms with Gasteiger partial charge in [-0.2, -0.15) is 0 Å². The van der Waals surface area contributed by atoms with Crippen molar-refractivity contribution in [3.8, 4) is 0 Å². The summed E-state index contributed by atoms with van der Waals surface area (Å²) in [4.78, 5) is 5.01. The Hall–Kier alpha value is -2.94. The SMILES string of the molecule is CC1=C(c2ccccc2)N(c2ccccc2)C(C(C)(C)C)N1c1cccn1C. The molecule has 0 N–H and O–H groups in total. The summed E-state index contributed by atoms with van der Waals surface area (Å²) < 4.78 is 2.21. The second-order valence-corrected chi connectivity index (χ2v) is 8.59. The first-order valence-electron chi connectivity index (χ1n) is 9.91. The maximum absolute atomic E-state index is 2.51. The number of allylic oxidation sites excluding steroid dienone is 1. The summed E-state index contributed by atoms with van der Waals surface area (Å²) in [6.45, 7) is 9.22. The first-order valence-corrected chi connectivity index (χ1v) is 9.91. The summed E-state index contributed by atoms with van der Waals surface area (Å²) in [7, 11) is 2.12. The third kappa shape index (κ3) is 3.01. The van der Waals surface area contributed by atoms with Crippen molar-refractivity contribution in [3.05, 3.63) is 90.3 Å². The maximum Gasteiger partial charge on any atom is 0.117 e. The number of aryl methyl sites for hydroxylation is 1. The van der Waals surface area contributed by atoms with Gasteiger partial charge in [0.15, 0.2) is 0 Å². The highest BCUT2D eigenvalue weighted by molar-refractivity contribution is 5.88. The highest BCUT2D eigenvalue weighted by Gasteiger charge is 2.45. The molecule has 1 aliphatic heterocycles. The molecule has 1 atom stereocenters. The minimum atomic E-state index is 0.0257. The molecular formula is C25H29N3. The Morgan fingerprint density at radius 3 is 1.89 bits per heavy atom. The fraction of sp³-hybridized carbons (Fsp3) is 0.280. The van der Waals surface area contributed by atoms with E-state index in [1.807, 2.05) is 0 Å². The minimum absolute atomic E-state index is 0.0257. The van der Waals surface area contributed by atoms with Gasteiger partial charge in [-0.05, 0) is 36.8 Å². The van der Waals surface area contributed by atoms with E-state index in [0.717, 1.165) is 0 Å². The number of hydrogen-bond donors (Lipinski definition) is 0. The van der Waals surface area contributed by atoms with Crippen LogP contribution in [0.15, 0.2) is 84.7 Å². The van der Waals surface area contributed by atoms with E-state index < -0.39 is 0 Å². The molecule has 0 radical (unpaired) electrons. The van der Waals surface area contributed by atoms with Gasteiger partial charge in [0.05, 0.1) is 5.70 Å². The lowest BCUT2D eigenvalue weighted by Gasteiger charge is -2.43. The standard InChI is InChI=1S/C25H29N3/c1-19-23(20-13-8-6-9-14-20)28(21-15-10-7-11-16-21)24(25(2,3)4)27(19)22-17-12-18-26(22)5/h6-18,24H,1-5H3. The van der Waals surface area contributed by atoms with Gasteiger partial charge in [-0.15, -0.1) is 0 Å². The molecule has 1 unspecified atom stereocenters. The lowest BCUT2D eigenvalue weighted by atomic mass is 9.90. The third-order valence-corrected chi connectivity index (χ3v) is 5.45. The first kappa shape index (κ1) is 18.4. The van der Waals surface area contributed by atoms with E-state index in [2.05, 4.69) is 128 Å². The Morgan fingerprint density at radius 2 is 1.36 bits per heavy atom. The van der Waals surface area contributed by atoms with Gasteiger partial charge in [0, 0.05) is 30.0 Å². The smallest absolute Gasteiger partial charge is 0.117 e. The molecule has 4 rings (SSSR count). The molecule has 28 heavy (non-hydrogen) atoms. The van der Waals surface area contributed by atoms with Gasteiger partial charge in [-0.25, -0.2) is 0 Å². The summed E-state index contributed by atoms with van der Waals surface area (Å²) in [5.74, 6) is 1.21. The van der Waals surface area contributed by atoms with Crippen LogP contribution in [0.5, 0.6) is 0 Å². The van der Waals surface area contributed by atoms with Crippen molar-refractivity contribution in [3.63, 3.8) is 0 Å². The van der Waals surface area contributed by atoms with Gasteiger partial charge in [-0.1, -0.05) is 69.3 Å². The number of rotatable bonds is 3. The Kier molecular flexibility index (Phi) is 4.54. The average molecular weight is 372 g/mol. The summed E-state index contributed by atoms with van der Waals surface area (Å²) in [5.41, 5.74) is 5.04. The minimum Gasteiger partial charge on any atom is -0.337 e. The molecule has 0 saturated carbocycles. The van der Waals surface area contributed by atoms with Crippen molar-refractivity contribution in [1.29, 1.82) is 0 Å². The molecule has 2 aromatic carbocycles. The topological polar surface area (TPSA) is 11.4 Å². The number of para-hydroxylation sites is 1. The van der Waals surface area contributed by atoms with Gasteiger partial charge in [0.2, 0.25) is 0 Å². The molecule has 1 aromatic heterocycles. The zero-order valence-corrected chi connectivity index (χ0v) is 17.4. The fourth-order valence-electron chi connectivity index (χ4n) is 4.29. The predicted molar refractivity (Wildman–Crippen MR) is 119 cm³/mol. The van der Waals surface area contributed by atoms with E-state index in [4.69, 9.17) is 0 Å². The predicted octanol–water partition coefficient (Wildman–Crippen LogP) is 6.11. The van der Waals surface area contributed by atoms with Crippen LogP contribution in [0.25, 0.3) is 5.70 Å². The third-order valence-electron chi connectivity index (χ3n) is 5.45. The molecule has 2 heterocycles. The molecule has 3 heteroatoms. The van der Waals surface area contributed by atoms with Crippen LogP contribution in [-0.2, 0) is 7.05 Å². The van der Waals surface area contributed by atoms with Crippen molar-refractivity contribution >= 4 is 17.2 Å². The zero-order valence-electron chi connectivity index (χ0n) is 17.4. The normalized spacial score (nSPS) is 17.5. The van der Waals surface area contributed by atoms with Crippen molar-refractivity contribution < 1.29 is 0 Å². The van der Waals surface area contributed by atoms with E-state index in [-0.39, 0.29) is 11.6 Å². The van der Waals surface area contributed by atoms with E-state index >= 15 is 0 Å². The number of hydrogen-bond acceptors (Lipinski definition) is 2. The first-order chi connectivity index (χ1) is 13.4. The highest BCUT2D eigenvalue weighted by atomic mass is 15.5. The van der Waals surface area contributed by atoms with Crippen LogP contribution < -0.4 is 9.80 Å². The van der Waals surface area contributed by atoms with Crippen molar-refractivity contribution in [2.24, 2.45) is 12.5 Å². The summed E-state index contributed by atoms with van der Waals surface area (Å²) in [5, 5.41) is 0. The fourth-order valence-corrected chi connectivity index (χ4v) is 4.29. The zero-order chi connectivity index (χ0) is 19.9. The van der Waals surface area contributed by atoms with Crippen LogP contribution in [0.1, 0.15) is 33.3 Å². The lowest BCUT2D eigenvalue weighted by molar-refractivity contribution is 0.324. The van der Waals surface area contributed by atoms with Crippen LogP contribution in [0.2, 0.25) is 0 Å². The van der Waals surface area contributed by atoms with Crippen LogP contribution in [0.3, 0.4) is 0 Å². The van der Waals surface area contributed by atoms with E-state index in [1.165, 1.54) is 28.5 Å². The van der Waals surface area contributed by atoms with Crippen LogP contribution in [-0.4, -0.2) is 10.7 Å². The second kappa shape index (κ2) is 6.90. The number of benzene rings is 2. The van der Waals surface area contributed by atoms with Gasteiger partial charge in [0.1, 0.15) is 12.0 Å². The molecule has 0 saturated heterocycles. The second-order valence-electron chi connectivity index (χ2n) is 8.59. The van der Waals surface area contributed by atoms with Gasteiger partial charge in [0.25, 0.3) is 0 Å². The lowest BCUT2D eigenvalue weighted by Crippen LogP contribution is -2.50. The summed E-state index contributed by atoms with van der Waals surface area (Å²) in [6, 6.07) is 25.8. The maximum atomic E-state index is 2.51. The Bertz CT molecular complexity index is 977. The molecule has 1 aliphatic rings. The van der Waals surface area contributed by atoms with Gasteiger partial charge < -0.3 is 14.4 Å². The number of nitrogens with zero attached hydrogens (tertiary/aromatic N) is 3. The van der Waals surface area contributed by atoms with Gasteiger partial charge >= 0.3 is 0 Å². The number of anilines is 2. The van der Waals surface area contributed by atoms with E-state index in [9.17, 15) is 0 Å². The Morgan fingerprint density at radius 1 is 0.750 bits per heavy atom. The van der Waals surface area contributed by atoms with E-state index in [1.54, 1.807) is 0 Å². The van der Waals surface area contributed by atoms with Crippen LogP contribution in [0, 0.1) is 5.41 Å².